The summed E-state index contributed by atoms with van der Waals surface area (Å²) in [4.78, 5) is 1.87. The van der Waals surface area contributed by atoms with Crippen molar-refractivity contribution >= 4 is 38.6 Å². The molecule has 1 nitrogen and oxygen atoms in total. The molecule has 69 heavy (non-hydrogen) atoms. The summed E-state index contributed by atoms with van der Waals surface area (Å²) in [5.74, 6) is 0. The van der Waals surface area contributed by atoms with Gasteiger partial charge in [0, 0.05) is 17.1 Å². The van der Waals surface area contributed by atoms with E-state index in [4.69, 9.17) is 0 Å². The number of hydrogen-bond donors (Lipinski definition) is 0. The van der Waals surface area contributed by atoms with Gasteiger partial charge in [-0.3, -0.25) is 0 Å². The standard InChI is InChI=1S/C68H47N/c1-4-15-51(16-5-1)64-45-38-58(47-67(64)53-17-6-2-7-18-53)50-33-41-60(42-34-50)69(59-39-31-49(32-40-59)48-27-29-55(30-28-48)63-26-14-23-52-19-10-12-24-62(52)63)61-43-35-56(36-44-61)66-46-37-54-20-11-13-25-65(54)68(66)57-21-8-3-9-22-57/h1-47H/i33D,34D,41D,42D. The van der Waals surface area contributed by atoms with Crippen LogP contribution in [0.15, 0.2) is 285 Å². The van der Waals surface area contributed by atoms with E-state index in [0.717, 1.165) is 72.0 Å². The van der Waals surface area contributed by atoms with Gasteiger partial charge in [0.2, 0.25) is 0 Å². The number of hydrogen-bond acceptors (Lipinski definition) is 1. The Morgan fingerprint density at radius 1 is 0.232 bits per heavy atom. The number of anilines is 3. The zero-order chi connectivity index (χ0) is 49.4. The van der Waals surface area contributed by atoms with Crippen molar-refractivity contribution in [2.24, 2.45) is 0 Å². The van der Waals surface area contributed by atoms with Crippen molar-refractivity contribution < 1.29 is 5.48 Å². The van der Waals surface area contributed by atoms with Crippen molar-refractivity contribution in [3.05, 3.63) is 285 Å². The fourth-order valence-electron chi connectivity index (χ4n) is 9.74. The van der Waals surface area contributed by atoms with Gasteiger partial charge in [-0.1, -0.05) is 243 Å². The molecular formula is C68H47N. The molecule has 324 valence electrons. The summed E-state index contributed by atoms with van der Waals surface area (Å²) in [6, 6.07) is 88.9. The third-order valence-electron chi connectivity index (χ3n) is 13.2. The van der Waals surface area contributed by atoms with E-state index in [-0.39, 0.29) is 35.4 Å². The van der Waals surface area contributed by atoms with Crippen LogP contribution >= 0.6 is 0 Å². The molecule has 0 saturated heterocycles. The fourth-order valence-corrected chi connectivity index (χ4v) is 9.74. The molecule has 0 aliphatic rings. The molecule has 1 heteroatoms. The van der Waals surface area contributed by atoms with Gasteiger partial charge in [0.25, 0.3) is 0 Å². The average Bonchev–Trinajstić information content (AvgIpc) is 3.46. The molecule has 0 saturated carbocycles. The maximum absolute atomic E-state index is 9.81. The van der Waals surface area contributed by atoms with Gasteiger partial charge in [-0.2, -0.15) is 0 Å². The van der Waals surface area contributed by atoms with E-state index in [9.17, 15) is 5.48 Å². The van der Waals surface area contributed by atoms with Gasteiger partial charge in [-0.25, -0.2) is 0 Å². The lowest BCUT2D eigenvalue weighted by atomic mass is 9.90. The minimum atomic E-state index is -0.137. The molecule has 0 N–H and O–H groups in total. The van der Waals surface area contributed by atoms with Crippen LogP contribution in [0.25, 0.3) is 99.4 Å². The van der Waals surface area contributed by atoms with Crippen LogP contribution in [0.4, 0.5) is 17.1 Å². The van der Waals surface area contributed by atoms with Crippen molar-refractivity contribution in [3.8, 4) is 77.9 Å². The molecule has 0 aromatic heterocycles. The zero-order valence-electron chi connectivity index (χ0n) is 41.8. The zero-order valence-corrected chi connectivity index (χ0v) is 37.8. The highest BCUT2D eigenvalue weighted by Gasteiger charge is 2.17. The van der Waals surface area contributed by atoms with E-state index in [1.807, 2.05) is 89.8 Å². The maximum atomic E-state index is 9.81. The summed E-state index contributed by atoms with van der Waals surface area (Å²) in [5.41, 5.74) is 15.2. The lowest BCUT2D eigenvalue weighted by Crippen LogP contribution is -2.09. The second-order valence-electron chi connectivity index (χ2n) is 17.3. The number of fused-ring (bicyclic) bond motifs is 2. The normalized spacial score (nSPS) is 12.0. The third-order valence-corrected chi connectivity index (χ3v) is 13.2. The molecule has 0 unspecified atom stereocenters. The second kappa shape index (κ2) is 18.3. The van der Waals surface area contributed by atoms with Crippen LogP contribution in [-0.2, 0) is 0 Å². The predicted molar refractivity (Wildman–Crippen MR) is 294 cm³/mol. The van der Waals surface area contributed by atoms with Gasteiger partial charge in [-0.15, -0.1) is 0 Å². The van der Waals surface area contributed by atoms with Gasteiger partial charge in [0.1, 0.15) is 0 Å². The molecule has 0 bridgehead atoms. The summed E-state index contributed by atoms with van der Waals surface area (Å²) in [6.07, 6.45) is 0. The highest BCUT2D eigenvalue weighted by molar-refractivity contribution is 6.04. The third kappa shape index (κ3) is 8.18. The first-order valence-electron chi connectivity index (χ1n) is 25.4. The van der Waals surface area contributed by atoms with Crippen molar-refractivity contribution in [3.63, 3.8) is 0 Å². The summed E-state index contributed by atoms with van der Waals surface area (Å²) >= 11 is 0. The molecule has 0 atom stereocenters. The van der Waals surface area contributed by atoms with Crippen molar-refractivity contribution in [2.75, 3.05) is 4.90 Å². The van der Waals surface area contributed by atoms with Crippen LogP contribution in [0.3, 0.4) is 0 Å². The summed E-state index contributed by atoms with van der Waals surface area (Å²) in [6.45, 7) is 0. The molecular weight excluding hydrogens is 831 g/mol. The minimum absolute atomic E-state index is 0.115. The molecule has 0 radical (unpaired) electrons. The van der Waals surface area contributed by atoms with Gasteiger partial charge in [0.15, 0.2) is 0 Å². The van der Waals surface area contributed by atoms with Gasteiger partial charge in [-0.05, 0) is 142 Å². The summed E-state index contributed by atoms with van der Waals surface area (Å²) < 4.78 is 39.0. The van der Waals surface area contributed by atoms with Crippen molar-refractivity contribution in [1.82, 2.24) is 0 Å². The van der Waals surface area contributed by atoms with E-state index in [1.54, 1.807) is 0 Å². The Kier molecular flexibility index (Phi) is 9.85. The van der Waals surface area contributed by atoms with Crippen LogP contribution < -0.4 is 4.90 Å². The summed E-state index contributed by atoms with van der Waals surface area (Å²) in [5, 5.41) is 4.74. The Balaban J connectivity index is 0.976. The smallest absolute Gasteiger partial charge is 0.0645 e. The quantitative estimate of drug-likeness (QED) is 0.132. The van der Waals surface area contributed by atoms with Crippen LogP contribution in [0, 0.1) is 0 Å². The molecule has 12 aromatic rings. The number of benzene rings is 12. The molecule has 0 fully saturated rings. The maximum Gasteiger partial charge on any atom is 0.0645 e. The fraction of sp³-hybridized carbons (Fsp3) is 0. The monoisotopic (exact) mass is 881 g/mol. The lowest BCUT2D eigenvalue weighted by Gasteiger charge is -2.26. The van der Waals surface area contributed by atoms with Crippen LogP contribution in [0.2, 0.25) is 0 Å². The van der Waals surface area contributed by atoms with E-state index >= 15 is 0 Å². The second-order valence-corrected chi connectivity index (χ2v) is 17.3. The Morgan fingerprint density at radius 3 is 1.30 bits per heavy atom. The minimum Gasteiger partial charge on any atom is -0.311 e. The number of rotatable bonds is 10. The highest BCUT2D eigenvalue weighted by Crippen LogP contribution is 2.42. The Bertz CT molecular complexity index is 3930. The molecule has 0 aliphatic heterocycles. The molecule has 0 heterocycles. The first kappa shape index (κ1) is 37.1. The Hall–Kier alpha value is -9.04. The van der Waals surface area contributed by atoms with Crippen molar-refractivity contribution in [2.45, 2.75) is 0 Å². The molecule has 0 aliphatic carbocycles. The largest absolute Gasteiger partial charge is 0.311 e. The van der Waals surface area contributed by atoms with Crippen LogP contribution in [0.1, 0.15) is 5.48 Å². The molecule has 12 rings (SSSR count). The number of nitrogens with zero attached hydrogens (tertiary/aromatic N) is 1. The van der Waals surface area contributed by atoms with E-state index in [1.165, 1.54) is 16.3 Å². The first-order valence-corrected chi connectivity index (χ1v) is 23.4. The van der Waals surface area contributed by atoms with Crippen LogP contribution in [0.5, 0.6) is 0 Å². The highest BCUT2D eigenvalue weighted by atomic mass is 15.1. The first-order chi connectivity index (χ1) is 35.9. The SMILES string of the molecule is [2H]c1c([2H])c(N(c2ccc(-c3ccc(-c4cccc5ccccc45)cc3)cc2)c2ccc(-c3ccc4ccccc4c3-c3ccccc3)cc2)c([2H])c([2H])c1-c1ccc(-c2ccccc2)c(-c2ccccc2)c1. The van der Waals surface area contributed by atoms with E-state index < -0.39 is 0 Å². The predicted octanol–water partition coefficient (Wildman–Crippen LogP) is 19.1. The molecule has 0 spiro atoms. The van der Waals surface area contributed by atoms with Gasteiger partial charge in [0.05, 0.1) is 5.48 Å². The van der Waals surface area contributed by atoms with Gasteiger partial charge < -0.3 is 4.90 Å². The molecule has 12 aromatic carbocycles. The van der Waals surface area contributed by atoms with E-state index in [2.05, 4.69) is 176 Å². The topological polar surface area (TPSA) is 3.24 Å². The van der Waals surface area contributed by atoms with Gasteiger partial charge >= 0.3 is 0 Å². The lowest BCUT2D eigenvalue weighted by molar-refractivity contribution is 1.28. The summed E-state index contributed by atoms with van der Waals surface area (Å²) in [7, 11) is 0. The Labute approximate surface area is 410 Å². The Morgan fingerprint density at radius 2 is 0.667 bits per heavy atom. The average molecular weight is 882 g/mol. The molecule has 0 amide bonds. The van der Waals surface area contributed by atoms with E-state index in [0.29, 0.717) is 16.9 Å². The van der Waals surface area contributed by atoms with Crippen LogP contribution in [-0.4, -0.2) is 0 Å². The van der Waals surface area contributed by atoms with Crippen molar-refractivity contribution in [1.29, 1.82) is 0 Å².